The summed E-state index contributed by atoms with van der Waals surface area (Å²) in [5, 5.41) is 5.53. The Bertz CT molecular complexity index is 617. The normalized spacial score (nSPS) is 10.0. The Labute approximate surface area is 132 Å². The number of rotatable bonds is 5. The number of hydrogen-bond donors (Lipinski definition) is 2. The van der Waals surface area contributed by atoms with Gasteiger partial charge in [-0.05, 0) is 42.8 Å². The van der Waals surface area contributed by atoms with Crippen LogP contribution in [0.25, 0.3) is 0 Å². The Morgan fingerprint density at radius 3 is 2.76 bits per heavy atom. The summed E-state index contributed by atoms with van der Waals surface area (Å²) in [6, 6.07) is 15.0. The fraction of sp³-hybridized carbons (Fsp3) is 0.188. The van der Waals surface area contributed by atoms with Crippen molar-refractivity contribution in [1.29, 1.82) is 0 Å². The lowest BCUT2D eigenvalue weighted by Gasteiger charge is -2.09. The average Bonchev–Trinajstić information content (AvgIpc) is 2.44. The number of hydrogen-bond acceptors (Lipinski definition) is 2. The number of nitrogens with one attached hydrogen (secondary N) is 2. The second kappa shape index (κ2) is 7.69. The first kappa shape index (κ1) is 15.4. The van der Waals surface area contributed by atoms with Crippen molar-refractivity contribution in [2.45, 2.75) is 6.92 Å². The Hall–Kier alpha value is -2.01. The third-order valence-corrected chi connectivity index (χ3v) is 3.22. The van der Waals surface area contributed by atoms with E-state index >= 15 is 0 Å². The van der Waals surface area contributed by atoms with Crippen LogP contribution in [0.2, 0.25) is 0 Å². The van der Waals surface area contributed by atoms with Gasteiger partial charge in [-0.15, -0.1) is 0 Å². The van der Waals surface area contributed by atoms with Crippen LogP contribution in [0.5, 0.6) is 5.75 Å². The maximum Gasteiger partial charge on any atom is 0.319 e. The number of carbonyl (C=O) groups is 1. The molecule has 0 heterocycles. The number of aryl methyl sites for hydroxylation is 1. The summed E-state index contributed by atoms with van der Waals surface area (Å²) in [6.45, 7) is 2.83. The molecule has 2 rings (SSSR count). The molecule has 0 spiro atoms. The van der Waals surface area contributed by atoms with Crippen molar-refractivity contribution in [1.82, 2.24) is 5.32 Å². The van der Waals surface area contributed by atoms with Gasteiger partial charge >= 0.3 is 6.03 Å². The van der Waals surface area contributed by atoms with Gasteiger partial charge in [0.05, 0.1) is 6.54 Å². The maximum absolute atomic E-state index is 11.7. The number of halogens is 1. The maximum atomic E-state index is 11.7. The summed E-state index contributed by atoms with van der Waals surface area (Å²) in [5.74, 6) is 0.769. The summed E-state index contributed by atoms with van der Waals surface area (Å²) in [4.78, 5) is 11.7. The third-order valence-electron chi connectivity index (χ3n) is 2.73. The second-order valence-corrected chi connectivity index (χ2v) is 5.47. The molecular weight excluding hydrogens is 332 g/mol. The van der Waals surface area contributed by atoms with Crippen LogP contribution >= 0.6 is 15.9 Å². The van der Waals surface area contributed by atoms with E-state index in [-0.39, 0.29) is 6.03 Å². The molecule has 0 atom stereocenters. The van der Waals surface area contributed by atoms with Crippen molar-refractivity contribution in [3.05, 3.63) is 58.6 Å². The van der Waals surface area contributed by atoms with Crippen LogP contribution in [0.1, 0.15) is 5.56 Å². The highest BCUT2D eigenvalue weighted by atomic mass is 79.9. The van der Waals surface area contributed by atoms with Gasteiger partial charge in [-0.25, -0.2) is 4.79 Å². The Morgan fingerprint density at radius 1 is 1.19 bits per heavy atom. The minimum atomic E-state index is -0.238. The summed E-state index contributed by atoms with van der Waals surface area (Å²) >= 11 is 3.38. The van der Waals surface area contributed by atoms with E-state index in [1.54, 1.807) is 0 Å². The molecule has 2 aromatic rings. The molecule has 110 valence electrons. The van der Waals surface area contributed by atoms with Gasteiger partial charge in [0.1, 0.15) is 12.4 Å². The van der Waals surface area contributed by atoms with Gasteiger partial charge in [0, 0.05) is 10.2 Å². The molecule has 0 unspecified atom stereocenters. The van der Waals surface area contributed by atoms with Crippen LogP contribution in [0, 0.1) is 6.92 Å². The van der Waals surface area contributed by atoms with Crippen molar-refractivity contribution in [2.75, 3.05) is 18.5 Å². The number of benzene rings is 2. The molecular formula is C16H17BrN2O2. The SMILES string of the molecule is Cc1cccc(NC(=O)NCCOc2cccc(Br)c2)c1. The molecule has 0 aliphatic heterocycles. The lowest BCUT2D eigenvalue weighted by Crippen LogP contribution is -2.32. The van der Waals surface area contributed by atoms with Crippen molar-refractivity contribution in [3.63, 3.8) is 0 Å². The number of ether oxygens (including phenoxy) is 1. The van der Waals surface area contributed by atoms with E-state index in [2.05, 4.69) is 26.6 Å². The van der Waals surface area contributed by atoms with E-state index in [1.807, 2.05) is 55.5 Å². The fourth-order valence-electron chi connectivity index (χ4n) is 1.79. The van der Waals surface area contributed by atoms with Crippen molar-refractivity contribution in [3.8, 4) is 5.75 Å². The molecule has 0 saturated carbocycles. The van der Waals surface area contributed by atoms with E-state index < -0.39 is 0 Å². The van der Waals surface area contributed by atoms with Crippen LogP contribution in [-0.4, -0.2) is 19.2 Å². The molecule has 4 nitrogen and oxygen atoms in total. The van der Waals surface area contributed by atoms with E-state index in [0.29, 0.717) is 13.2 Å². The molecule has 2 aromatic carbocycles. The molecule has 2 N–H and O–H groups in total. The number of amides is 2. The Morgan fingerprint density at radius 2 is 2.00 bits per heavy atom. The zero-order valence-corrected chi connectivity index (χ0v) is 13.3. The van der Waals surface area contributed by atoms with E-state index in [4.69, 9.17) is 4.74 Å². The first-order valence-electron chi connectivity index (χ1n) is 6.63. The van der Waals surface area contributed by atoms with Crippen LogP contribution in [0.3, 0.4) is 0 Å². The molecule has 0 bridgehead atoms. The Balaban J connectivity index is 1.70. The monoisotopic (exact) mass is 348 g/mol. The van der Waals surface area contributed by atoms with E-state index in [1.165, 1.54) is 0 Å². The standard InChI is InChI=1S/C16H17BrN2O2/c1-12-4-2-6-14(10-12)19-16(20)18-8-9-21-15-7-3-5-13(17)11-15/h2-7,10-11H,8-9H2,1H3,(H2,18,19,20). The second-order valence-electron chi connectivity index (χ2n) is 4.56. The van der Waals surface area contributed by atoms with Crippen LogP contribution in [0.4, 0.5) is 10.5 Å². The molecule has 0 saturated heterocycles. The van der Waals surface area contributed by atoms with Gasteiger partial charge in [-0.2, -0.15) is 0 Å². The summed E-state index contributed by atoms with van der Waals surface area (Å²) in [7, 11) is 0. The molecule has 0 radical (unpaired) electrons. The van der Waals surface area contributed by atoms with Crippen LogP contribution in [0.15, 0.2) is 53.0 Å². The Kier molecular flexibility index (Phi) is 5.63. The average molecular weight is 349 g/mol. The zero-order valence-electron chi connectivity index (χ0n) is 11.7. The van der Waals surface area contributed by atoms with Crippen molar-refractivity contribution >= 4 is 27.6 Å². The molecule has 0 aliphatic carbocycles. The third kappa shape index (κ3) is 5.47. The molecule has 0 fully saturated rings. The number of urea groups is 1. The highest BCUT2D eigenvalue weighted by Crippen LogP contribution is 2.17. The lowest BCUT2D eigenvalue weighted by atomic mass is 10.2. The van der Waals surface area contributed by atoms with Gasteiger partial charge in [0.25, 0.3) is 0 Å². The summed E-state index contributed by atoms with van der Waals surface area (Å²) in [5.41, 5.74) is 1.88. The molecule has 0 aromatic heterocycles. The molecule has 0 aliphatic rings. The van der Waals surface area contributed by atoms with E-state index in [9.17, 15) is 4.79 Å². The zero-order chi connectivity index (χ0) is 15.1. The minimum Gasteiger partial charge on any atom is -0.492 e. The van der Waals surface area contributed by atoms with Gasteiger partial charge in [-0.3, -0.25) is 0 Å². The molecule has 2 amide bonds. The topological polar surface area (TPSA) is 50.4 Å². The van der Waals surface area contributed by atoms with Crippen molar-refractivity contribution < 1.29 is 9.53 Å². The first-order valence-corrected chi connectivity index (χ1v) is 7.43. The smallest absolute Gasteiger partial charge is 0.319 e. The fourth-order valence-corrected chi connectivity index (χ4v) is 2.17. The molecule has 21 heavy (non-hydrogen) atoms. The van der Waals surface area contributed by atoms with Crippen molar-refractivity contribution in [2.24, 2.45) is 0 Å². The minimum absolute atomic E-state index is 0.238. The van der Waals surface area contributed by atoms with Gasteiger partial charge in [0.15, 0.2) is 0 Å². The van der Waals surface area contributed by atoms with Gasteiger partial charge < -0.3 is 15.4 Å². The summed E-state index contributed by atoms with van der Waals surface area (Å²) < 4.78 is 6.50. The van der Waals surface area contributed by atoms with E-state index in [0.717, 1.165) is 21.5 Å². The highest BCUT2D eigenvalue weighted by molar-refractivity contribution is 9.10. The largest absolute Gasteiger partial charge is 0.492 e. The van der Waals surface area contributed by atoms with Crippen LogP contribution in [-0.2, 0) is 0 Å². The van der Waals surface area contributed by atoms with Crippen LogP contribution < -0.4 is 15.4 Å². The number of carbonyl (C=O) groups excluding carboxylic acids is 1. The van der Waals surface area contributed by atoms with Gasteiger partial charge in [0.2, 0.25) is 0 Å². The lowest BCUT2D eigenvalue weighted by molar-refractivity contribution is 0.247. The highest BCUT2D eigenvalue weighted by Gasteiger charge is 2.01. The van der Waals surface area contributed by atoms with Gasteiger partial charge in [-0.1, -0.05) is 34.1 Å². The molecule has 5 heteroatoms. The number of anilines is 1. The predicted molar refractivity (Wildman–Crippen MR) is 87.8 cm³/mol. The predicted octanol–water partition coefficient (Wildman–Crippen LogP) is 3.96. The first-order chi connectivity index (χ1) is 10.1. The quantitative estimate of drug-likeness (QED) is 0.803. The summed E-state index contributed by atoms with van der Waals surface area (Å²) in [6.07, 6.45) is 0.